The SMILES string of the molecule is CC(C)(C)OC(=O)N1[C@H]2C=C(I)[C@@H]1CC2. The molecule has 0 saturated carbocycles. The molecular weight excluding hydrogens is 305 g/mol. The van der Waals surface area contributed by atoms with Gasteiger partial charge in [-0.3, -0.25) is 4.90 Å². The van der Waals surface area contributed by atoms with E-state index < -0.39 is 5.60 Å². The minimum Gasteiger partial charge on any atom is -0.444 e. The van der Waals surface area contributed by atoms with E-state index in [-0.39, 0.29) is 18.2 Å². The fraction of sp³-hybridized carbons (Fsp3) is 0.727. The number of hydrogen-bond acceptors (Lipinski definition) is 2. The number of hydrogen-bond donors (Lipinski definition) is 0. The van der Waals surface area contributed by atoms with E-state index in [4.69, 9.17) is 4.74 Å². The first-order valence-electron chi connectivity index (χ1n) is 5.27. The van der Waals surface area contributed by atoms with Crippen LogP contribution in [0.5, 0.6) is 0 Å². The van der Waals surface area contributed by atoms with Gasteiger partial charge in [-0.15, -0.1) is 0 Å². The van der Waals surface area contributed by atoms with Crippen LogP contribution in [0.2, 0.25) is 0 Å². The van der Waals surface area contributed by atoms with Crippen LogP contribution < -0.4 is 0 Å². The van der Waals surface area contributed by atoms with E-state index in [9.17, 15) is 4.79 Å². The van der Waals surface area contributed by atoms with Crippen molar-refractivity contribution in [2.24, 2.45) is 0 Å². The summed E-state index contributed by atoms with van der Waals surface area (Å²) >= 11 is 2.32. The van der Waals surface area contributed by atoms with Gasteiger partial charge >= 0.3 is 6.09 Å². The monoisotopic (exact) mass is 321 g/mol. The Hall–Kier alpha value is -0.260. The van der Waals surface area contributed by atoms with Gasteiger partial charge in [-0.1, -0.05) is 6.08 Å². The molecule has 1 amide bonds. The van der Waals surface area contributed by atoms with Crippen molar-refractivity contribution < 1.29 is 9.53 Å². The van der Waals surface area contributed by atoms with E-state index in [2.05, 4.69) is 28.7 Å². The highest BCUT2D eigenvalue weighted by molar-refractivity contribution is 14.1. The zero-order chi connectivity index (χ0) is 11.2. The molecule has 2 aliphatic heterocycles. The predicted octanol–water partition coefficient (Wildman–Crippen LogP) is 3.09. The van der Waals surface area contributed by atoms with Crippen LogP contribution in [0.4, 0.5) is 4.79 Å². The smallest absolute Gasteiger partial charge is 0.411 e. The fourth-order valence-corrected chi connectivity index (χ4v) is 3.17. The van der Waals surface area contributed by atoms with Crippen molar-refractivity contribution in [3.63, 3.8) is 0 Å². The van der Waals surface area contributed by atoms with Gasteiger partial charge < -0.3 is 4.74 Å². The molecule has 1 saturated heterocycles. The molecular formula is C11H16INO2. The number of carbonyl (C=O) groups is 1. The van der Waals surface area contributed by atoms with Crippen molar-refractivity contribution >= 4 is 28.7 Å². The Kier molecular flexibility index (Phi) is 2.73. The first kappa shape index (κ1) is 11.2. The summed E-state index contributed by atoms with van der Waals surface area (Å²) in [4.78, 5) is 13.8. The number of fused-ring (bicyclic) bond motifs is 2. The molecule has 2 rings (SSSR count). The van der Waals surface area contributed by atoms with Crippen LogP contribution >= 0.6 is 22.6 Å². The molecule has 3 nitrogen and oxygen atoms in total. The van der Waals surface area contributed by atoms with Crippen LogP contribution in [0.25, 0.3) is 0 Å². The molecule has 0 aromatic rings. The van der Waals surface area contributed by atoms with Crippen LogP contribution in [-0.4, -0.2) is 28.7 Å². The molecule has 0 aromatic carbocycles. The maximum absolute atomic E-state index is 11.9. The maximum Gasteiger partial charge on any atom is 0.411 e. The summed E-state index contributed by atoms with van der Waals surface area (Å²) in [5.41, 5.74) is -0.398. The standard InChI is InChI=1S/C11H16INO2/c1-11(2,3)15-10(14)13-7-4-5-9(13)8(12)6-7/h6-7,9H,4-5H2,1-3H3/t7-,9+/m1/s1. The topological polar surface area (TPSA) is 29.5 Å². The number of amides is 1. The molecule has 4 heteroatoms. The minimum absolute atomic E-state index is 0.169. The minimum atomic E-state index is -0.398. The van der Waals surface area contributed by atoms with Crippen LogP contribution in [0.15, 0.2) is 9.66 Å². The van der Waals surface area contributed by atoms with E-state index in [0.29, 0.717) is 0 Å². The van der Waals surface area contributed by atoms with E-state index in [0.717, 1.165) is 12.8 Å². The number of rotatable bonds is 0. The molecule has 0 aliphatic carbocycles. The molecule has 0 aromatic heterocycles. The quantitative estimate of drug-likeness (QED) is 0.642. The van der Waals surface area contributed by atoms with Gasteiger partial charge in [0.15, 0.2) is 0 Å². The summed E-state index contributed by atoms with van der Waals surface area (Å²) in [7, 11) is 0. The maximum atomic E-state index is 11.9. The van der Waals surface area contributed by atoms with E-state index in [1.165, 1.54) is 3.58 Å². The highest BCUT2D eigenvalue weighted by Gasteiger charge is 2.44. The molecule has 0 radical (unpaired) electrons. The second kappa shape index (κ2) is 3.64. The summed E-state index contributed by atoms with van der Waals surface area (Å²) in [6.45, 7) is 5.71. The predicted molar refractivity (Wildman–Crippen MR) is 67.0 cm³/mol. The molecule has 0 spiro atoms. The van der Waals surface area contributed by atoms with Crippen molar-refractivity contribution in [3.05, 3.63) is 9.66 Å². The third kappa shape index (κ3) is 2.14. The summed E-state index contributed by atoms with van der Waals surface area (Å²) in [6, 6.07) is 0.558. The van der Waals surface area contributed by atoms with Gasteiger partial charge in [0.2, 0.25) is 0 Å². The van der Waals surface area contributed by atoms with Gasteiger partial charge in [-0.2, -0.15) is 0 Å². The number of nitrogens with zero attached hydrogens (tertiary/aromatic N) is 1. The molecule has 2 aliphatic rings. The third-order valence-corrected chi connectivity index (χ3v) is 3.78. The van der Waals surface area contributed by atoms with E-state index >= 15 is 0 Å². The van der Waals surface area contributed by atoms with Crippen LogP contribution in [0, 0.1) is 0 Å². The second-order valence-corrected chi connectivity index (χ2v) is 6.35. The summed E-state index contributed by atoms with van der Waals surface area (Å²) in [5, 5.41) is 0. The lowest BCUT2D eigenvalue weighted by atomic mass is 10.1. The lowest BCUT2D eigenvalue weighted by Gasteiger charge is -2.27. The Balaban J connectivity index is 2.06. The summed E-state index contributed by atoms with van der Waals surface area (Å²) < 4.78 is 6.69. The number of ether oxygens (including phenoxy) is 1. The van der Waals surface area contributed by atoms with Crippen molar-refractivity contribution in [1.82, 2.24) is 4.90 Å². The molecule has 0 N–H and O–H groups in total. The normalized spacial score (nSPS) is 29.3. The van der Waals surface area contributed by atoms with Crippen molar-refractivity contribution in [1.29, 1.82) is 0 Å². The Labute approximate surface area is 104 Å². The lowest BCUT2D eigenvalue weighted by molar-refractivity contribution is 0.0231. The van der Waals surface area contributed by atoms with Gasteiger partial charge in [0, 0.05) is 3.58 Å². The van der Waals surface area contributed by atoms with E-state index in [1.807, 2.05) is 25.7 Å². The molecule has 2 heterocycles. The molecule has 15 heavy (non-hydrogen) atoms. The van der Waals surface area contributed by atoms with Crippen LogP contribution in [0.3, 0.4) is 0 Å². The van der Waals surface area contributed by atoms with Crippen molar-refractivity contribution in [2.75, 3.05) is 0 Å². The van der Waals surface area contributed by atoms with E-state index in [1.54, 1.807) is 0 Å². The second-order valence-electron chi connectivity index (χ2n) is 5.10. The van der Waals surface area contributed by atoms with Crippen molar-refractivity contribution in [3.8, 4) is 0 Å². The molecule has 1 fully saturated rings. The van der Waals surface area contributed by atoms with Gasteiger partial charge in [0.25, 0.3) is 0 Å². The Morgan fingerprint density at radius 2 is 2.20 bits per heavy atom. The van der Waals surface area contributed by atoms with Crippen LogP contribution in [0.1, 0.15) is 33.6 Å². The summed E-state index contributed by atoms with van der Waals surface area (Å²) in [6.07, 6.45) is 4.17. The zero-order valence-electron chi connectivity index (χ0n) is 9.29. The zero-order valence-corrected chi connectivity index (χ0v) is 11.4. The lowest BCUT2D eigenvalue weighted by Crippen LogP contribution is -2.40. The molecule has 84 valence electrons. The number of halogens is 1. The van der Waals surface area contributed by atoms with Gasteiger partial charge in [-0.25, -0.2) is 4.79 Å². The molecule has 0 unspecified atom stereocenters. The highest BCUT2D eigenvalue weighted by Crippen LogP contribution is 2.40. The van der Waals surface area contributed by atoms with Gasteiger partial charge in [-0.05, 0) is 56.2 Å². The Bertz CT molecular complexity index is 319. The molecule has 2 bridgehead atoms. The van der Waals surface area contributed by atoms with Gasteiger partial charge in [0.1, 0.15) is 5.60 Å². The van der Waals surface area contributed by atoms with Crippen molar-refractivity contribution in [2.45, 2.75) is 51.3 Å². The largest absolute Gasteiger partial charge is 0.444 e. The average Bonchev–Trinajstić information content (AvgIpc) is 2.55. The Morgan fingerprint density at radius 3 is 2.60 bits per heavy atom. The fourth-order valence-electron chi connectivity index (χ4n) is 2.14. The Morgan fingerprint density at radius 1 is 1.53 bits per heavy atom. The number of carbonyl (C=O) groups excluding carboxylic acids is 1. The first-order valence-corrected chi connectivity index (χ1v) is 6.35. The average molecular weight is 321 g/mol. The molecule has 2 atom stereocenters. The third-order valence-electron chi connectivity index (χ3n) is 2.70. The highest BCUT2D eigenvalue weighted by atomic mass is 127. The van der Waals surface area contributed by atoms with Gasteiger partial charge in [0.05, 0.1) is 12.1 Å². The summed E-state index contributed by atoms with van der Waals surface area (Å²) in [5.74, 6) is 0. The van der Waals surface area contributed by atoms with Crippen LogP contribution in [-0.2, 0) is 4.74 Å². The first-order chi connectivity index (χ1) is 6.88.